The fraction of sp³-hybridized carbons (Fsp3) is 0.364. The van der Waals surface area contributed by atoms with Crippen LogP contribution >= 0.6 is 0 Å². The molecule has 0 bridgehead atoms. The van der Waals surface area contributed by atoms with Gasteiger partial charge in [-0.2, -0.15) is 0 Å². The van der Waals surface area contributed by atoms with Crippen molar-refractivity contribution in [2.24, 2.45) is 0 Å². The molecule has 0 spiro atoms. The van der Waals surface area contributed by atoms with Crippen molar-refractivity contribution in [1.29, 1.82) is 0 Å². The average Bonchev–Trinajstić information content (AvgIpc) is 2.74. The van der Waals surface area contributed by atoms with Gasteiger partial charge in [-0.05, 0) is 25.5 Å². The summed E-state index contributed by atoms with van der Waals surface area (Å²) < 4.78 is 5.06. The Hall–Kier alpha value is -2.86. The summed E-state index contributed by atoms with van der Waals surface area (Å²) in [5.41, 5.74) is 2.89. The van der Waals surface area contributed by atoms with Crippen molar-refractivity contribution < 1.29 is 19.2 Å². The third-order valence-corrected chi connectivity index (χ3v) is 5.21. The van der Waals surface area contributed by atoms with Gasteiger partial charge < -0.3 is 15.0 Å². The lowest BCUT2D eigenvalue weighted by molar-refractivity contribution is -0.917. The van der Waals surface area contributed by atoms with E-state index < -0.39 is 0 Å². The molecule has 6 heteroatoms. The van der Waals surface area contributed by atoms with Crippen molar-refractivity contribution in [3.8, 4) is 11.1 Å². The maximum Gasteiger partial charge on any atom is 0.410 e. The van der Waals surface area contributed by atoms with Crippen LogP contribution in [0.5, 0.6) is 0 Å². The molecule has 3 rings (SSSR count). The molecule has 0 radical (unpaired) electrons. The Morgan fingerprint density at radius 1 is 1.07 bits per heavy atom. The van der Waals surface area contributed by atoms with Gasteiger partial charge in [0, 0.05) is 11.3 Å². The maximum absolute atomic E-state index is 12.9. The van der Waals surface area contributed by atoms with E-state index >= 15 is 0 Å². The minimum absolute atomic E-state index is 0.0111. The Labute approximate surface area is 166 Å². The van der Waals surface area contributed by atoms with Gasteiger partial charge in [0.25, 0.3) is 5.91 Å². The Morgan fingerprint density at radius 2 is 1.71 bits per heavy atom. The fourth-order valence-corrected chi connectivity index (χ4v) is 3.51. The highest BCUT2D eigenvalue weighted by molar-refractivity contribution is 5.97. The van der Waals surface area contributed by atoms with Gasteiger partial charge in [0.15, 0.2) is 6.04 Å². The standard InChI is InChI=1S/C22H27N3O3/c1-3-28-22(27)25-15-13-24(14-16-25)17(2)21(26)23-20-12-8-7-11-19(20)18-9-5-4-6-10-18/h4-12,17H,3,13-16H2,1-2H3,(H,23,26)/p+1/t17-/m0/s1. The van der Waals surface area contributed by atoms with Crippen LogP contribution in [0.2, 0.25) is 0 Å². The number of amides is 2. The number of quaternary nitrogens is 1. The molecule has 0 aliphatic carbocycles. The number of ether oxygens (including phenoxy) is 1. The van der Waals surface area contributed by atoms with Gasteiger partial charge >= 0.3 is 6.09 Å². The van der Waals surface area contributed by atoms with Crippen LogP contribution in [0.4, 0.5) is 10.5 Å². The molecule has 1 aliphatic rings. The van der Waals surface area contributed by atoms with E-state index in [1.165, 1.54) is 4.90 Å². The second-order valence-corrected chi connectivity index (χ2v) is 6.97. The monoisotopic (exact) mass is 382 g/mol. The second kappa shape index (κ2) is 9.37. The van der Waals surface area contributed by atoms with E-state index in [9.17, 15) is 9.59 Å². The Bertz CT molecular complexity index is 802. The molecule has 148 valence electrons. The largest absolute Gasteiger partial charge is 0.450 e. The SMILES string of the molecule is CCOC(=O)N1CC[NH+]([C@@H](C)C(=O)Nc2ccccc2-c2ccccc2)CC1. The van der Waals surface area contributed by atoms with Crippen molar-refractivity contribution >= 4 is 17.7 Å². The lowest BCUT2D eigenvalue weighted by Crippen LogP contribution is -3.19. The molecule has 0 unspecified atom stereocenters. The molecule has 2 amide bonds. The quantitative estimate of drug-likeness (QED) is 0.832. The summed E-state index contributed by atoms with van der Waals surface area (Å²) in [6.07, 6.45) is -0.268. The van der Waals surface area contributed by atoms with E-state index in [0.29, 0.717) is 19.7 Å². The van der Waals surface area contributed by atoms with Crippen LogP contribution in [0.1, 0.15) is 13.8 Å². The molecule has 2 aromatic rings. The van der Waals surface area contributed by atoms with E-state index in [1.54, 1.807) is 11.8 Å². The first-order chi connectivity index (χ1) is 13.6. The summed E-state index contributed by atoms with van der Waals surface area (Å²) >= 11 is 0. The molecule has 0 aromatic heterocycles. The maximum atomic E-state index is 12.9. The van der Waals surface area contributed by atoms with E-state index in [-0.39, 0.29) is 18.0 Å². The summed E-state index contributed by atoms with van der Waals surface area (Å²) in [7, 11) is 0. The first kappa shape index (κ1) is 19.9. The summed E-state index contributed by atoms with van der Waals surface area (Å²) in [6.45, 7) is 6.79. The third kappa shape index (κ3) is 4.70. The lowest BCUT2D eigenvalue weighted by atomic mass is 10.0. The number of hydrogen-bond acceptors (Lipinski definition) is 3. The molecule has 6 nitrogen and oxygen atoms in total. The fourth-order valence-electron chi connectivity index (χ4n) is 3.51. The van der Waals surface area contributed by atoms with Gasteiger partial charge in [-0.15, -0.1) is 0 Å². The average molecular weight is 382 g/mol. The van der Waals surface area contributed by atoms with Crippen molar-refractivity contribution in [2.45, 2.75) is 19.9 Å². The minimum Gasteiger partial charge on any atom is -0.450 e. The molecule has 1 aliphatic heterocycles. The summed E-state index contributed by atoms with van der Waals surface area (Å²) in [4.78, 5) is 27.6. The predicted molar refractivity (Wildman–Crippen MR) is 109 cm³/mol. The first-order valence-electron chi connectivity index (χ1n) is 9.81. The number of piperazine rings is 1. The Kier molecular flexibility index (Phi) is 6.66. The highest BCUT2D eigenvalue weighted by atomic mass is 16.6. The van der Waals surface area contributed by atoms with Crippen molar-refractivity contribution in [2.75, 3.05) is 38.1 Å². The first-order valence-corrected chi connectivity index (χ1v) is 9.81. The van der Waals surface area contributed by atoms with E-state index in [0.717, 1.165) is 29.9 Å². The van der Waals surface area contributed by atoms with Gasteiger partial charge in [-0.1, -0.05) is 48.5 Å². The zero-order valence-electron chi connectivity index (χ0n) is 16.5. The molecule has 2 aromatic carbocycles. The molecule has 2 N–H and O–H groups in total. The van der Waals surface area contributed by atoms with Crippen LogP contribution in [0.15, 0.2) is 54.6 Å². The van der Waals surface area contributed by atoms with Crippen LogP contribution in [-0.4, -0.2) is 55.7 Å². The van der Waals surface area contributed by atoms with Gasteiger partial charge in [-0.3, -0.25) is 9.69 Å². The van der Waals surface area contributed by atoms with Crippen molar-refractivity contribution in [1.82, 2.24) is 4.90 Å². The molecule has 1 heterocycles. The second-order valence-electron chi connectivity index (χ2n) is 6.97. The molecule has 0 saturated carbocycles. The topological polar surface area (TPSA) is 63.1 Å². The zero-order chi connectivity index (χ0) is 19.9. The Balaban J connectivity index is 1.62. The van der Waals surface area contributed by atoms with Gasteiger partial charge in [0.05, 0.1) is 32.8 Å². The molecule has 1 saturated heterocycles. The summed E-state index contributed by atoms with van der Waals surface area (Å²) in [5.74, 6) is -0.0111. The summed E-state index contributed by atoms with van der Waals surface area (Å²) in [6, 6.07) is 17.7. The number of benzene rings is 2. The van der Waals surface area contributed by atoms with Crippen LogP contribution in [-0.2, 0) is 9.53 Å². The number of para-hydroxylation sites is 1. The predicted octanol–water partition coefficient (Wildman–Crippen LogP) is 2.04. The van der Waals surface area contributed by atoms with Crippen molar-refractivity contribution in [3.63, 3.8) is 0 Å². The number of hydrogen-bond donors (Lipinski definition) is 2. The summed E-state index contributed by atoms with van der Waals surface area (Å²) in [5, 5.41) is 3.10. The van der Waals surface area contributed by atoms with Gasteiger partial charge in [-0.25, -0.2) is 4.79 Å². The molecule has 1 fully saturated rings. The normalized spacial score (nSPS) is 15.7. The number of anilines is 1. The number of carbonyl (C=O) groups excluding carboxylic acids is 2. The minimum atomic E-state index is -0.268. The van der Waals surface area contributed by atoms with Crippen LogP contribution in [0.25, 0.3) is 11.1 Å². The number of nitrogens with zero attached hydrogens (tertiary/aromatic N) is 1. The number of carbonyl (C=O) groups is 2. The van der Waals surface area contributed by atoms with Gasteiger partial charge in [0.1, 0.15) is 0 Å². The number of nitrogens with one attached hydrogen (secondary N) is 2. The molecule has 28 heavy (non-hydrogen) atoms. The van der Waals surface area contributed by atoms with Crippen molar-refractivity contribution in [3.05, 3.63) is 54.6 Å². The van der Waals surface area contributed by atoms with E-state index in [2.05, 4.69) is 5.32 Å². The molecular weight excluding hydrogens is 354 g/mol. The highest BCUT2D eigenvalue weighted by Crippen LogP contribution is 2.27. The molecular formula is C22H28N3O3+. The third-order valence-electron chi connectivity index (χ3n) is 5.21. The van der Waals surface area contributed by atoms with Gasteiger partial charge in [0.2, 0.25) is 0 Å². The number of rotatable bonds is 5. The van der Waals surface area contributed by atoms with E-state index in [4.69, 9.17) is 4.74 Å². The smallest absolute Gasteiger partial charge is 0.410 e. The molecule has 1 atom stereocenters. The van der Waals surface area contributed by atoms with E-state index in [1.807, 2.05) is 61.5 Å². The van der Waals surface area contributed by atoms with Crippen LogP contribution < -0.4 is 10.2 Å². The van der Waals surface area contributed by atoms with Crippen LogP contribution in [0.3, 0.4) is 0 Å². The highest BCUT2D eigenvalue weighted by Gasteiger charge is 2.31. The lowest BCUT2D eigenvalue weighted by Gasteiger charge is -2.34. The van der Waals surface area contributed by atoms with Crippen LogP contribution in [0, 0.1) is 0 Å². The zero-order valence-corrected chi connectivity index (χ0v) is 16.5. The Morgan fingerprint density at radius 3 is 2.39 bits per heavy atom.